The van der Waals surface area contributed by atoms with Crippen molar-refractivity contribution in [3.8, 4) is 0 Å². The normalized spacial score (nSPS) is 14.4. The number of aryl methyl sites for hydroxylation is 1. The zero-order valence-corrected chi connectivity index (χ0v) is 17.8. The zero-order valence-electron chi connectivity index (χ0n) is 17.8. The minimum Gasteiger partial charge on any atom is -0.392 e. The molecule has 0 atom stereocenters. The molecule has 3 rings (SSSR count). The lowest BCUT2D eigenvalue weighted by atomic mass is 9.92. The number of aliphatic hydroxyl groups is 1. The van der Waals surface area contributed by atoms with Gasteiger partial charge in [0, 0.05) is 43.0 Å². The Bertz CT molecular complexity index is 940. The number of nitrogens with one attached hydrogen (secondary N) is 1. The standard InChI is InChI=1S/C21H26F3N5O2/c1-20(2,3)8-17(31)28-18-14(12-30)7-16-15(27-18)5-4-6-29(16)11-13-9-25-19(26-10-13)21(22,23)24/h7,9-10,30H,4-6,8,11-12H2,1-3H3,(H,27,28,31). The average molecular weight is 437 g/mol. The van der Waals surface area contributed by atoms with Crippen molar-refractivity contribution in [3.63, 3.8) is 0 Å². The Kier molecular flexibility index (Phi) is 6.49. The number of hydrogen-bond acceptors (Lipinski definition) is 6. The van der Waals surface area contributed by atoms with Crippen LogP contribution < -0.4 is 10.2 Å². The topological polar surface area (TPSA) is 91.2 Å². The SMILES string of the molecule is CC(C)(C)CC(=O)Nc1nc2c(cc1CO)N(Cc1cnc(C(F)(F)F)nc1)CCC2. The predicted octanol–water partition coefficient (Wildman–Crippen LogP) is 3.71. The Hall–Kier alpha value is -2.75. The molecule has 10 heteroatoms. The number of hydrogen-bond donors (Lipinski definition) is 2. The van der Waals surface area contributed by atoms with Crippen LogP contribution in [0.3, 0.4) is 0 Å². The Morgan fingerprint density at radius 1 is 1.23 bits per heavy atom. The van der Waals surface area contributed by atoms with Crippen molar-refractivity contribution in [2.45, 2.75) is 59.4 Å². The number of aliphatic hydroxyl groups excluding tert-OH is 1. The monoisotopic (exact) mass is 437 g/mol. The van der Waals surface area contributed by atoms with Crippen molar-refractivity contribution in [1.82, 2.24) is 15.0 Å². The van der Waals surface area contributed by atoms with Gasteiger partial charge in [-0.15, -0.1) is 0 Å². The summed E-state index contributed by atoms with van der Waals surface area (Å²) < 4.78 is 38.0. The van der Waals surface area contributed by atoms with Crippen LogP contribution in [-0.4, -0.2) is 32.5 Å². The van der Waals surface area contributed by atoms with Gasteiger partial charge in [0.1, 0.15) is 5.82 Å². The van der Waals surface area contributed by atoms with Crippen LogP contribution in [0.4, 0.5) is 24.7 Å². The van der Waals surface area contributed by atoms with Crippen LogP contribution in [0.2, 0.25) is 0 Å². The molecule has 2 N–H and O–H groups in total. The van der Waals surface area contributed by atoms with Gasteiger partial charge in [0.15, 0.2) is 0 Å². The van der Waals surface area contributed by atoms with Gasteiger partial charge in [-0.2, -0.15) is 13.2 Å². The van der Waals surface area contributed by atoms with E-state index in [0.717, 1.165) is 17.8 Å². The predicted molar refractivity (Wildman–Crippen MR) is 109 cm³/mol. The van der Waals surface area contributed by atoms with Crippen LogP contribution in [0.1, 0.15) is 56.3 Å². The minimum atomic E-state index is -4.58. The summed E-state index contributed by atoms with van der Waals surface area (Å²) in [5.41, 5.74) is 2.38. The summed E-state index contributed by atoms with van der Waals surface area (Å²) >= 11 is 0. The van der Waals surface area contributed by atoms with Gasteiger partial charge in [-0.3, -0.25) is 4.79 Å². The Labute approximate surface area is 178 Å². The molecule has 2 aromatic heterocycles. The first kappa shape index (κ1) is 22.9. The first-order valence-electron chi connectivity index (χ1n) is 10.0. The van der Waals surface area contributed by atoms with Gasteiger partial charge in [0.05, 0.1) is 18.0 Å². The summed E-state index contributed by atoms with van der Waals surface area (Å²) in [4.78, 5) is 25.7. The Morgan fingerprint density at radius 3 is 2.48 bits per heavy atom. The van der Waals surface area contributed by atoms with Crippen molar-refractivity contribution in [2.75, 3.05) is 16.8 Å². The van der Waals surface area contributed by atoms with E-state index in [1.807, 2.05) is 25.7 Å². The molecule has 168 valence electrons. The van der Waals surface area contributed by atoms with E-state index in [1.165, 1.54) is 12.4 Å². The fraction of sp³-hybridized carbons (Fsp3) is 0.524. The van der Waals surface area contributed by atoms with Crippen molar-refractivity contribution in [1.29, 1.82) is 0 Å². The molecule has 1 amide bonds. The zero-order chi connectivity index (χ0) is 22.8. The lowest BCUT2D eigenvalue weighted by molar-refractivity contribution is -0.145. The lowest BCUT2D eigenvalue weighted by Gasteiger charge is -2.31. The Morgan fingerprint density at radius 2 is 1.90 bits per heavy atom. The van der Waals surface area contributed by atoms with E-state index in [9.17, 15) is 23.1 Å². The van der Waals surface area contributed by atoms with E-state index in [1.54, 1.807) is 6.07 Å². The molecule has 0 saturated heterocycles. The van der Waals surface area contributed by atoms with E-state index < -0.39 is 12.0 Å². The van der Waals surface area contributed by atoms with Crippen LogP contribution in [0.25, 0.3) is 0 Å². The highest BCUT2D eigenvalue weighted by Crippen LogP contribution is 2.32. The second kappa shape index (κ2) is 8.78. The molecule has 0 bridgehead atoms. The van der Waals surface area contributed by atoms with Crippen molar-refractivity contribution in [2.24, 2.45) is 5.41 Å². The average Bonchev–Trinajstić information content (AvgIpc) is 2.66. The van der Waals surface area contributed by atoms with Crippen LogP contribution in [0.5, 0.6) is 0 Å². The van der Waals surface area contributed by atoms with Gasteiger partial charge in [-0.05, 0) is 24.3 Å². The fourth-order valence-corrected chi connectivity index (χ4v) is 3.45. The van der Waals surface area contributed by atoms with Crippen LogP contribution >= 0.6 is 0 Å². The second-order valence-corrected chi connectivity index (χ2v) is 8.84. The van der Waals surface area contributed by atoms with Gasteiger partial charge in [0.25, 0.3) is 0 Å². The molecule has 7 nitrogen and oxygen atoms in total. The van der Waals surface area contributed by atoms with E-state index in [4.69, 9.17) is 0 Å². The molecule has 31 heavy (non-hydrogen) atoms. The van der Waals surface area contributed by atoms with Gasteiger partial charge >= 0.3 is 6.18 Å². The van der Waals surface area contributed by atoms with Crippen molar-refractivity contribution >= 4 is 17.4 Å². The van der Waals surface area contributed by atoms with E-state index in [-0.39, 0.29) is 17.9 Å². The summed E-state index contributed by atoms with van der Waals surface area (Å²) in [6.07, 6.45) is -0.420. The number of nitrogens with zero attached hydrogens (tertiary/aromatic N) is 4. The third-order valence-electron chi connectivity index (χ3n) is 4.79. The number of carbonyl (C=O) groups is 1. The second-order valence-electron chi connectivity index (χ2n) is 8.84. The molecule has 1 aliphatic heterocycles. The molecule has 0 spiro atoms. The smallest absolute Gasteiger partial charge is 0.392 e. The summed E-state index contributed by atoms with van der Waals surface area (Å²) in [7, 11) is 0. The lowest BCUT2D eigenvalue weighted by Crippen LogP contribution is -2.30. The van der Waals surface area contributed by atoms with Crippen LogP contribution in [0.15, 0.2) is 18.5 Å². The Balaban J connectivity index is 1.82. The van der Waals surface area contributed by atoms with Gasteiger partial charge in [0.2, 0.25) is 11.7 Å². The van der Waals surface area contributed by atoms with Crippen LogP contribution in [0, 0.1) is 5.41 Å². The highest BCUT2D eigenvalue weighted by atomic mass is 19.4. The summed E-state index contributed by atoms with van der Waals surface area (Å²) in [6.45, 7) is 6.57. The largest absolute Gasteiger partial charge is 0.451 e. The maximum absolute atomic E-state index is 12.7. The third-order valence-corrected chi connectivity index (χ3v) is 4.79. The van der Waals surface area contributed by atoms with E-state index in [2.05, 4.69) is 20.3 Å². The molecule has 0 radical (unpaired) electrons. The highest BCUT2D eigenvalue weighted by molar-refractivity contribution is 5.91. The number of fused-ring (bicyclic) bond motifs is 1. The fourth-order valence-electron chi connectivity index (χ4n) is 3.45. The molecule has 0 saturated carbocycles. The van der Waals surface area contributed by atoms with Crippen molar-refractivity contribution < 1.29 is 23.1 Å². The number of aromatic nitrogens is 3. The molecule has 0 fully saturated rings. The molecule has 0 aromatic carbocycles. The van der Waals surface area contributed by atoms with E-state index >= 15 is 0 Å². The number of amides is 1. The van der Waals surface area contributed by atoms with Gasteiger partial charge < -0.3 is 15.3 Å². The first-order chi connectivity index (χ1) is 14.5. The molecule has 0 unspecified atom stereocenters. The third kappa shape index (κ3) is 5.90. The molecular weight excluding hydrogens is 411 g/mol. The molecule has 3 heterocycles. The number of rotatable bonds is 5. The van der Waals surface area contributed by atoms with Gasteiger partial charge in [-0.1, -0.05) is 20.8 Å². The first-order valence-corrected chi connectivity index (χ1v) is 10.0. The number of pyridine rings is 1. The molecule has 2 aromatic rings. The summed E-state index contributed by atoms with van der Waals surface area (Å²) in [5.74, 6) is -1.00. The molecular formula is C21H26F3N5O2. The molecule has 0 aliphatic carbocycles. The number of halogens is 3. The summed E-state index contributed by atoms with van der Waals surface area (Å²) in [5, 5.41) is 12.6. The quantitative estimate of drug-likeness (QED) is 0.741. The number of carbonyl (C=O) groups excluding carboxylic acids is 1. The van der Waals surface area contributed by atoms with E-state index in [0.29, 0.717) is 42.9 Å². The maximum Gasteiger partial charge on any atom is 0.451 e. The van der Waals surface area contributed by atoms with Gasteiger partial charge in [-0.25, -0.2) is 15.0 Å². The van der Waals surface area contributed by atoms with Crippen LogP contribution in [-0.2, 0) is 30.5 Å². The van der Waals surface area contributed by atoms with Crippen molar-refractivity contribution in [3.05, 3.63) is 41.1 Å². The number of alkyl halides is 3. The highest BCUT2D eigenvalue weighted by Gasteiger charge is 2.34. The summed E-state index contributed by atoms with van der Waals surface area (Å²) in [6, 6.07) is 1.78. The molecule has 1 aliphatic rings. The number of anilines is 2. The maximum atomic E-state index is 12.7. The minimum absolute atomic E-state index is 0.177.